The SMILES string of the molecule is CCC/C=C\C/C=C\CCCCCCCC(=O)OCCCCCCCCCCCCCCCCC(=O)NC(CO)C(O)/C=C/CCCCCCCCCCCCCCCCCCCCCCC. The second-order valence-electron chi connectivity index (χ2n) is 20.3. The first-order chi connectivity index (χ1) is 33.0. The lowest BCUT2D eigenvalue weighted by molar-refractivity contribution is -0.143. The zero-order valence-corrected chi connectivity index (χ0v) is 44.9. The summed E-state index contributed by atoms with van der Waals surface area (Å²) in [5, 5.41) is 23.2. The van der Waals surface area contributed by atoms with E-state index in [0.717, 1.165) is 70.6 Å². The van der Waals surface area contributed by atoms with Gasteiger partial charge in [0.1, 0.15) is 0 Å². The van der Waals surface area contributed by atoms with E-state index in [1.807, 2.05) is 6.08 Å². The van der Waals surface area contributed by atoms with Gasteiger partial charge in [0.2, 0.25) is 5.91 Å². The van der Waals surface area contributed by atoms with Crippen LogP contribution in [0.3, 0.4) is 0 Å². The Morgan fingerprint density at radius 2 is 0.776 bits per heavy atom. The first-order valence-electron chi connectivity index (χ1n) is 29.8. The third kappa shape index (κ3) is 53.3. The first kappa shape index (κ1) is 65.1. The number of carbonyl (C=O) groups excluding carboxylic acids is 2. The molecule has 0 spiro atoms. The summed E-state index contributed by atoms with van der Waals surface area (Å²) in [6.45, 7) is 4.83. The smallest absolute Gasteiger partial charge is 0.305 e. The van der Waals surface area contributed by atoms with Crippen LogP contribution in [0.5, 0.6) is 0 Å². The minimum absolute atomic E-state index is 0.0185. The van der Waals surface area contributed by atoms with Crippen molar-refractivity contribution in [2.75, 3.05) is 13.2 Å². The Hall–Kier alpha value is -1.92. The van der Waals surface area contributed by atoms with Gasteiger partial charge in [-0.25, -0.2) is 0 Å². The molecule has 6 nitrogen and oxygen atoms in total. The van der Waals surface area contributed by atoms with Crippen LogP contribution in [0.15, 0.2) is 36.5 Å². The summed E-state index contributed by atoms with van der Waals surface area (Å²) in [6, 6.07) is -0.638. The van der Waals surface area contributed by atoms with E-state index in [1.54, 1.807) is 6.08 Å². The highest BCUT2D eigenvalue weighted by molar-refractivity contribution is 5.76. The van der Waals surface area contributed by atoms with Crippen molar-refractivity contribution in [1.29, 1.82) is 0 Å². The molecule has 0 heterocycles. The Balaban J connectivity index is 3.48. The minimum Gasteiger partial charge on any atom is -0.466 e. The molecule has 6 heteroatoms. The van der Waals surface area contributed by atoms with Gasteiger partial charge in [-0.1, -0.05) is 281 Å². The molecule has 67 heavy (non-hydrogen) atoms. The number of aliphatic hydroxyl groups excluding tert-OH is 2. The standard InChI is InChI=1S/C61H115NO5/c1-3-5-7-9-11-13-15-17-18-19-20-21-22-23-24-25-26-30-33-37-41-45-49-53-59(64)58(57-63)62-60(65)54-50-46-42-38-34-31-27-28-32-36-40-44-48-52-56-67-61(66)55-51-47-43-39-35-29-16-14-12-10-8-6-4-2/h8,10,14,16,49,53,58-59,63-64H,3-7,9,11-13,15,17-48,50-52,54-57H2,1-2H3,(H,62,65)/b10-8-,16-14-,53-49+. The van der Waals surface area contributed by atoms with Gasteiger partial charge in [0, 0.05) is 12.8 Å². The molecule has 3 N–H and O–H groups in total. The molecule has 1 amide bonds. The van der Waals surface area contributed by atoms with E-state index in [4.69, 9.17) is 4.74 Å². The summed E-state index contributed by atoms with van der Waals surface area (Å²) in [6.07, 6.45) is 70.2. The van der Waals surface area contributed by atoms with E-state index in [2.05, 4.69) is 43.5 Å². The molecule has 0 rings (SSSR count). The molecule has 0 aromatic carbocycles. The number of aliphatic hydroxyl groups is 2. The Morgan fingerprint density at radius 3 is 1.19 bits per heavy atom. The van der Waals surface area contributed by atoms with Crippen LogP contribution in [0, 0.1) is 0 Å². The Kier molecular flexibility index (Phi) is 55.0. The molecule has 0 bridgehead atoms. The van der Waals surface area contributed by atoms with Crippen LogP contribution >= 0.6 is 0 Å². The summed E-state index contributed by atoms with van der Waals surface area (Å²) in [5.74, 6) is -0.0953. The molecule has 0 saturated carbocycles. The largest absolute Gasteiger partial charge is 0.466 e. The van der Waals surface area contributed by atoms with Gasteiger partial charge in [-0.15, -0.1) is 0 Å². The summed E-state index contributed by atoms with van der Waals surface area (Å²) in [7, 11) is 0. The number of amides is 1. The Bertz CT molecular complexity index is 1090. The molecular weight excluding hydrogens is 827 g/mol. The topological polar surface area (TPSA) is 95.9 Å². The van der Waals surface area contributed by atoms with Crippen LogP contribution in [0.2, 0.25) is 0 Å². The van der Waals surface area contributed by atoms with Crippen LogP contribution in [0.1, 0.15) is 316 Å². The molecular formula is C61H115NO5. The van der Waals surface area contributed by atoms with Crippen LogP contribution in [-0.4, -0.2) is 47.4 Å². The van der Waals surface area contributed by atoms with E-state index in [0.29, 0.717) is 19.4 Å². The number of unbranched alkanes of at least 4 members (excludes halogenated alkanes) is 40. The first-order valence-corrected chi connectivity index (χ1v) is 29.8. The zero-order valence-electron chi connectivity index (χ0n) is 44.9. The van der Waals surface area contributed by atoms with Crippen LogP contribution in [0.25, 0.3) is 0 Å². The van der Waals surface area contributed by atoms with Gasteiger partial charge in [-0.3, -0.25) is 9.59 Å². The number of allylic oxidation sites excluding steroid dienone is 5. The number of hydrogen-bond acceptors (Lipinski definition) is 5. The van der Waals surface area contributed by atoms with Crippen LogP contribution in [-0.2, 0) is 14.3 Å². The number of hydrogen-bond donors (Lipinski definition) is 3. The molecule has 2 atom stereocenters. The van der Waals surface area contributed by atoms with E-state index in [9.17, 15) is 19.8 Å². The van der Waals surface area contributed by atoms with Gasteiger partial charge >= 0.3 is 5.97 Å². The third-order valence-corrected chi connectivity index (χ3v) is 13.6. The molecule has 0 radical (unpaired) electrons. The lowest BCUT2D eigenvalue weighted by Crippen LogP contribution is -2.45. The number of nitrogens with one attached hydrogen (secondary N) is 1. The lowest BCUT2D eigenvalue weighted by atomic mass is 10.0. The monoisotopic (exact) mass is 942 g/mol. The van der Waals surface area contributed by atoms with Crippen molar-refractivity contribution in [3.8, 4) is 0 Å². The highest BCUT2D eigenvalue weighted by atomic mass is 16.5. The molecule has 0 aliphatic heterocycles. The molecule has 0 aromatic rings. The predicted octanol–water partition coefficient (Wildman–Crippen LogP) is 18.4. The number of esters is 1. The maximum atomic E-state index is 12.5. The van der Waals surface area contributed by atoms with Crippen molar-refractivity contribution in [2.24, 2.45) is 0 Å². The Morgan fingerprint density at radius 1 is 0.418 bits per heavy atom. The zero-order chi connectivity index (χ0) is 48.6. The van der Waals surface area contributed by atoms with Crippen molar-refractivity contribution in [3.05, 3.63) is 36.5 Å². The minimum atomic E-state index is -0.854. The fraction of sp³-hybridized carbons (Fsp3) is 0.869. The quantitative estimate of drug-likeness (QED) is 0.0321. The second-order valence-corrected chi connectivity index (χ2v) is 20.3. The van der Waals surface area contributed by atoms with Crippen molar-refractivity contribution in [1.82, 2.24) is 5.32 Å². The molecule has 0 saturated heterocycles. The van der Waals surface area contributed by atoms with E-state index in [-0.39, 0.29) is 18.5 Å². The van der Waals surface area contributed by atoms with Gasteiger partial charge in [-0.2, -0.15) is 0 Å². The van der Waals surface area contributed by atoms with Gasteiger partial charge < -0.3 is 20.3 Å². The van der Waals surface area contributed by atoms with Gasteiger partial charge in [0.25, 0.3) is 0 Å². The maximum absolute atomic E-state index is 12.5. The van der Waals surface area contributed by atoms with Gasteiger partial charge in [0.15, 0.2) is 0 Å². The van der Waals surface area contributed by atoms with Crippen molar-refractivity contribution in [3.63, 3.8) is 0 Å². The van der Waals surface area contributed by atoms with E-state index in [1.165, 1.54) is 218 Å². The number of ether oxygens (including phenoxy) is 1. The average molecular weight is 943 g/mol. The Labute approximate surface area is 417 Å². The van der Waals surface area contributed by atoms with Crippen molar-refractivity contribution < 1.29 is 24.5 Å². The predicted molar refractivity (Wildman–Crippen MR) is 292 cm³/mol. The third-order valence-electron chi connectivity index (χ3n) is 13.6. The molecule has 394 valence electrons. The summed E-state index contributed by atoms with van der Waals surface area (Å²) >= 11 is 0. The van der Waals surface area contributed by atoms with E-state index < -0.39 is 12.1 Å². The average Bonchev–Trinajstić information content (AvgIpc) is 3.33. The fourth-order valence-corrected chi connectivity index (χ4v) is 9.08. The number of carbonyl (C=O) groups is 2. The highest BCUT2D eigenvalue weighted by Crippen LogP contribution is 2.17. The van der Waals surface area contributed by atoms with Crippen LogP contribution in [0.4, 0.5) is 0 Å². The second kappa shape index (κ2) is 56.7. The molecule has 0 fully saturated rings. The molecule has 0 aliphatic rings. The maximum Gasteiger partial charge on any atom is 0.305 e. The summed E-state index contributed by atoms with van der Waals surface area (Å²) < 4.78 is 5.46. The fourth-order valence-electron chi connectivity index (χ4n) is 9.08. The number of rotatable bonds is 55. The lowest BCUT2D eigenvalue weighted by Gasteiger charge is -2.20. The van der Waals surface area contributed by atoms with Gasteiger partial charge in [0.05, 0.1) is 25.4 Å². The van der Waals surface area contributed by atoms with Crippen molar-refractivity contribution in [2.45, 2.75) is 328 Å². The highest BCUT2D eigenvalue weighted by Gasteiger charge is 2.18. The normalized spacial score (nSPS) is 12.8. The molecule has 0 aliphatic carbocycles. The molecule has 0 aromatic heterocycles. The molecule has 2 unspecified atom stereocenters. The van der Waals surface area contributed by atoms with Crippen molar-refractivity contribution >= 4 is 11.9 Å². The summed E-state index contributed by atoms with van der Waals surface area (Å²) in [5.41, 5.74) is 0. The van der Waals surface area contributed by atoms with Gasteiger partial charge in [-0.05, 0) is 57.8 Å². The van der Waals surface area contributed by atoms with Crippen LogP contribution < -0.4 is 5.32 Å². The van der Waals surface area contributed by atoms with E-state index >= 15 is 0 Å². The summed E-state index contributed by atoms with van der Waals surface area (Å²) in [4.78, 5) is 24.5.